The number of fused-ring (bicyclic) bond motifs is 1. The van der Waals surface area contributed by atoms with E-state index in [1.807, 2.05) is 60.8 Å². The Hall–Kier alpha value is -4.04. The molecule has 5 rings (SSSR count). The maximum Gasteiger partial charge on any atom is 0.194 e. The Balaban J connectivity index is 1.58. The number of rotatable bonds is 7. The van der Waals surface area contributed by atoms with E-state index in [2.05, 4.69) is 19.8 Å². The van der Waals surface area contributed by atoms with Crippen LogP contribution in [0.3, 0.4) is 0 Å². The zero-order valence-electron chi connectivity index (χ0n) is 17.2. The molecule has 158 valence electrons. The average Bonchev–Trinajstić information content (AvgIpc) is 3.50. The SMILES string of the molecule is COc1cncc(NC(C(=O)c2csnc2-c2ccccc2)c2cc3ccccn3n2)c1. The molecule has 0 aliphatic rings. The molecular formula is C24H19N5O2S. The van der Waals surface area contributed by atoms with Gasteiger partial charge in [-0.2, -0.15) is 9.47 Å². The van der Waals surface area contributed by atoms with E-state index in [1.165, 1.54) is 11.5 Å². The van der Waals surface area contributed by atoms with Gasteiger partial charge in [-0.25, -0.2) is 4.52 Å². The first-order valence-electron chi connectivity index (χ1n) is 9.97. The number of ether oxygens (including phenoxy) is 1. The van der Waals surface area contributed by atoms with E-state index < -0.39 is 6.04 Å². The summed E-state index contributed by atoms with van der Waals surface area (Å²) < 4.78 is 11.5. The molecule has 0 saturated heterocycles. The summed E-state index contributed by atoms with van der Waals surface area (Å²) in [5, 5.41) is 9.75. The molecule has 5 aromatic rings. The average molecular weight is 442 g/mol. The Bertz CT molecular complexity index is 1350. The Kier molecular flexibility index (Phi) is 5.35. The lowest BCUT2D eigenvalue weighted by molar-refractivity contribution is 0.0969. The Morgan fingerprint density at radius 3 is 2.75 bits per heavy atom. The van der Waals surface area contributed by atoms with Crippen molar-refractivity contribution in [2.75, 3.05) is 12.4 Å². The normalized spacial score (nSPS) is 11.9. The second-order valence-electron chi connectivity index (χ2n) is 7.14. The zero-order valence-corrected chi connectivity index (χ0v) is 18.0. The van der Waals surface area contributed by atoms with Crippen molar-refractivity contribution in [1.82, 2.24) is 19.0 Å². The third kappa shape index (κ3) is 3.83. The molecule has 0 radical (unpaired) electrons. The van der Waals surface area contributed by atoms with E-state index in [9.17, 15) is 4.79 Å². The smallest absolute Gasteiger partial charge is 0.194 e. The molecule has 8 heteroatoms. The summed E-state index contributed by atoms with van der Waals surface area (Å²) in [5.74, 6) is 0.474. The summed E-state index contributed by atoms with van der Waals surface area (Å²) in [6.45, 7) is 0. The molecule has 0 fully saturated rings. The fourth-order valence-electron chi connectivity index (χ4n) is 3.52. The van der Waals surface area contributed by atoms with Crippen molar-refractivity contribution in [3.63, 3.8) is 0 Å². The van der Waals surface area contributed by atoms with Crippen molar-refractivity contribution in [3.05, 3.63) is 95.9 Å². The summed E-state index contributed by atoms with van der Waals surface area (Å²) in [6.07, 6.45) is 5.13. The maximum atomic E-state index is 13.8. The van der Waals surface area contributed by atoms with Crippen LogP contribution in [0.2, 0.25) is 0 Å². The van der Waals surface area contributed by atoms with Crippen LogP contribution in [-0.2, 0) is 0 Å². The van der Waals surface area contributed by atoms with Crippen LogP contribution in [0.1, 0.15) is 22.1 Å². The van der Waals surface area contributed by atoms with Gasteiger partial charge in [0.25, 0.3) is 0 Å². The van der Waals surface area contributed by atoms with Gasteiger partial charge in [0, 0.05) is 23.2 Å². The minimum absolute atomic E-state index is 0.121. The summed E-state index contributed by atoms with van der Waals surface area (Å²) in [5.41, 5.74) is 4.27. The quantitative estimate of drug-likeness (QED) is 0.362. The van der Waals surface area contributed by atoms with Gasteiger partial charge in [-0.3, -0.25) is 9.78 Å². The van der Waals surface area contributed by atoms with E-state index in [0.29, 0.717) is 28.4 Å². The monoisotopic (exact) mass is 441 g/mol. The first kappa shape index (κ1) is 19.9. The Labute approximate surface area is 188 Å². The molecule has 0 spiro atoms. The summed E-state index contributed by atoms with van der Waals surface area (Å²) >= 11 is 1.26. The van der Waals surface area contributed by atoms with Crippen LogP contribution in [-0.4, -0.2) is 31.9 Å². The molecule has 0 aliphatic carbocycles. The lowest BCUT2D eigenvalue weighted by Crippen LogP contribution is -2.22. The number of benzene rings is 1. The van der Waals surface area contributed by atoms with Crippen LogP contribution in [0.4, 0.5) is 5.69 Å². The molecule has 1 unspecified atom stereocenters. The number of nitrogens with zero attached hydrogens (tertiary/aromatic N) is 4. The first-order valence-corrected chi connectivity index (χ1v) is 10.8. The summed E-state index contributed by atoms with van der Waals surface area (Å²) in [6, 6.07) is 18.5. The number of Topliss-reactive ketones (excluding diaryl/α,β-unsaturated/α-hetero) is 1. The minimum atomic E-state index is -0.734. The molecule has 7 nitrogen and oxygen atoms in total. The fourth-order valence-corrected chi connectivity index (χ4v) is 4.22. The van der Waals surface area contributed by atoms with Gasteiger partial charge in [0.05, 0.1) is 47.7 Å². The highest BCUT2D eigenvalue weighted by Crippen LogP contribution is 2.31. The molecule has 32 heavy (non-hydrogen) atoms. The van der Waals surface area contributed by atoms with Gasteiger partial charge in [-0.15, -0.1) is 0 Å². The van der Waals surface area contributed by atoms with Crippen LogP contribution in [0, 0.1) is 0 Å². The number of hydrogen-bond acceptors (Lipinski definition) is 7. The van der Waals surface area contributed by atoms with Crippen LogP contribution >= 0.6 is 11.5 Å². The molecule has 0 bridgehead atoms. The van der Waals surface area contributed by atoms with E-state index in [0.717, 1.165) is 11.1 Å². The number of nitrogens with one attached hydrogen (secondary N) is 1. The highest BCUT2D eigenvalue weighted by molar-refractivity contribution is 7.04. The third-order valence-electron chi connectivity index (χ3n) is 5.09. The molecule has 0 saturated carbocycles. The Morgan fingerprint density at radius 1 is 1.09 bits per heavy atom. The van der Waals surface area contributed by atoms with E-state index in [4.69, 9.17) is 4.74 Å². The van der Waals surface area contributed by atoms with Crippen molar-refractivity contribution < 1.29 is 9.53 Å². The van der Waals surface area contributed by atoms with Gasteiger partial charge in [-0.1, -0.05) is 36.4 Å². The fraction of sp³-hybridized carbons (Fsp3) is 0.0833. The van der Waals surface area contributed by atoms with Gasteiger partial charge in [0.2, 0.25) is 0 Å². The second kappa shape index (κ2) is 8.60. The zero-order chi connectivity index (χ0) is 21.9. The summed E-state index contributed by atoms with van der Waals surface area (Å²) in [4.78, 5) is 18.0. The topological polar surface area (TPSA) is 81.4 Å². The predicted octanol–water partition coefficient (Wildman–Crippen LogP) is 4.90. The van der Waals surface area contributed by atoms with Crippen molar-refractivity contribution in [3.8, 4) is 17.0 Å². The predicted molar refractivity (Wildman–Crippen MR) is 124 cm³/mol. The van der Waals surface area contributed by atoms with Crippen molar-refractivity contribution >= 4 is 28.5 Å². The number of hydrogen-bond donors (Lipinski definition) is 1. The molecule has 1 N–H and O–H groups in total. The first-order chi connectivity index (χ1) is 15.7. The lowest BCUT2D eigenvalue weighted by Gasteiger charge is -2.17. The van der Waals surface area contributed by atoms with Gasteiger partial charge in [0.15, 0.2) is 5.78 Å². The number of ketones is 1. The van der Waals surface area contributed by atoms with Crippen molar-refractivity contribution in [2.24, 2.45) is 0 Å². The van der Waals surface area contributed by atoms with E-state index in [-0.39, 0.29) is 5.78 Å². The van der Waals surface area contributed by atoms with E-state index in [1.54, 1.807) is 35.5 Å². The number of carbonyl (C=O) groups is 1. The minimum Gasteiger partial charge on any atom is -0.495 e. The van der Waals surface area contributed by atoms with Gasteiger partial charge in [0.1, 0.15) is 11.8 Å². The molecule has 1 aromatic carbocycles. The molecule has 4 aromatic heterocycles. The standard InChI is InChI=1S/C24H19N5O2S/c1-31-19-11-17(13-25-14-19)26-23(21-12-18-9-5-6-10-29(18)27-21)24(30)20-15-32-28-22(20)16-7-3-2-4-8-16/h2-15,23,26H,1H3. The highest BCUT2D eigenvalue weighted by atomic mass is 32.1. The van der Waals surface area contributed by atoms with Crippen LogP contribution in [0.15, 0.2) is 84.6 Å². The number of pyridine rings is 2. The third-order valence-corrected chi connectivity index (χ3v) is 5.72. The maximum absolute atomic E-state index is 13.8. The van der Waals surface area contributed by atoms with Gasteiger partial charge in [-0.05, 0) is 29.7 Å². The molecule has 0 amide bonds. The molecule has 1 atom stereocenters. The largest absolute Gasteiger partial charge is 0.495 e. The van der Waals surface area contributed by atoms with Crippen LogP contribution < -0.4 is 10.1 Å². The number of carbonyl (C=O) groups excluding carboxylic acids is 1. The second-order valence-corrected chi connectivity index (χ2v) is 7.77. The molecule has 0 aliphatic heterocycles. The van der Waals surface area contributed by atoms with E-state index >= 15 is 0 Å². The highest BCUT2D eigenvalue weighted by Gasteiger charge is 2.28. The number of anilines is 1. The number of aromatic nitrogens is 4. The molecule has 4 heterocycles. The summed E-state index contributed by atoms with van der Waals surface area (Å²) in [7, 11) is 1.58. The van der Waals surface area contributed by atoms with Gasteiger partial charge >= 0.3 is 0 Å². The van der Waals surface area contributed by atoms with Crippen molar-refractivity contribution in [1.29, 1.82) is 0 Å². The van der Waals surface area contributed by atoms with Crippen molar-refractivity contribution in [2.45, 2.75) is 6.04 Å². The van der Waals surface area contributed by atoms with Crippen LogP contribution in [0.25, 0.3) is 16.8 Å². The van der Waals surface area contributed by atoms with Gasteiger partial charge < -0.3 is 10.1 Å². The molecular weight excluding hydrogens is 422 g/mol. The van der Waals surface area contributed by atoms with Crippen LogP contribution in [0.5, 0.6) is 5.75 Å². The Morgan fingerprint density at radius 2 is 1.94 bits per heavy atom. The number of methoxy groups -OCH3 is 1. The lowest BCUT2D eigenvalue weighted by atomic mass is 9.98.